The van der Waals surface area contributed by atoms with Crippen molar-refractivity contribution < 1.29 is 14.7 Å². The number of nitrogens with zero attached hydrogens (tertiary/aromatic N) is 2. The molecule has 0 radical (unpaired) electrons. The Balaban J connectivity index is 2.62. The van der Waals surface area contributed by atoms with E-state index in [1.54, 1.807) is 0 Å². The molecule has 0 bridgehead atoms. The van der Waals surface area contributed by atoms with E-state index in [4.69, 9.17) is 10.8 Å². The van der Waals surface area contributed by atoms with Crippen LogP contribution in [0.5, 0.6) is 0 Å². The van der Waals surface area contributed by atoms with E-state index in [-0.39, 0.29) is 11.3 Å². The van der Waals surface area contributed by atoms with Crippen molar-refractivity contribution in [1.82, 2.24) is 9.78 Å². The molecule has 6 heteroatoms. The molecule has 0 saturated carbocycles. The van der Waals surface area contributed by atoms with Crippen LogP contribution >= 0.6 is 0 Å². The lowest BCUT2D eigenvalue weighted by atomic mass is 10.0. The molecule has 0 unspecified atom stereocenters. The molecule has 1 aromatic carbocycles. The maximum absolute atomic E-state index is 11.6. The van der Waals surface area contributed by atoms with Gasteiger partial charge in [0.25, 0.3) is 5.91 Å². The highest BCUT2D eigenvalue weighted by molar-refractivity contribution is 6.03. The van der Waals surface area contributed by atoms with Crippen molar-refractivity contribution in [2.75, 3.05) is 0 Å². The van der Waals surface area contributed by atoms with Crippen LogP contribution in [0, 0.1) is 6.92 Å². The second kappa shape index (κ2) is 5.40. The first-order valence-electron chi connectivity index (χ1n) is 6.55. The minimum absolute atomic E-state index is 0.122. The quantitative estimate of drug-likeness (QED) is 0.899. The number of carboxylic acid groups (broad SMARTS) is 1. The van der Waals surface area contributed by atoms with E-state index in [2.05, 4.69) is 18.9 Å². The molecule has 2 aromatic rings. The number of amides is 1. The summed E-state index contributed by atoms with van der Waals surface area (Å²) in [6.45, 7) is 6.05. The summed E-state index contributed by atoms with van der Waals surface area (Å²) < 4.78 is 1.28. The van der Waals surface area contributed by atoms with Crippen LogP contribution in [-0.4, -0.2) is 26.8 Å². The molecule has 0 fully saturated rings. The Hall–Kier alpha value is -2.63. The van der Waals surface area contributed by atoms with Gasteiger partial charge >= 0.3 is 5.97 Å². The molecule has 1 amide bonds. The summed E-state index contributed by atoms with van der Waals surface area (Å²) in [5, 5.41) is 13.1. The minimum Gasteiger partial charge on any atom is -0.478 e. The summed E-state index contributed by atoms with van der Waals surface area (Å²) in [7, 11) is 0. The Morgan fingerprint density at radius 3 is 2.48 bits per heavy atom. The predicted octanol–water partition coefficient (Wildman–Crippen LogP) is 2.10. The average Bonchev–Trinajstić information content (AvgIpc) is 2.83. The van der Waals surface area contributed by atoms with E-state index in [0.717, 1.165) is 17.3 Å². The Morgan fingerprint density at radius 2 is 2.00 bits per heavy atom. The van der Waals surface area contributed by atoms with E-state index in [1.807, 2.05) is 25.1 Å². The van der Waals surface area contributed by atoms with Gasteiger partial charge < -0.3 is 10.8 Å². The number of hydrogen-bond donors (Lipinski definition) is 2. The molecule has 0 atom stereocenters. The molecule has 0 aliphatic carbocycles. The Morgan fingerprint density at radius 1 is 1.33 bits per heavy atom. The zero-order chi connectivity index (χ0) is 15.7. The van der Waals surface area contributed by atoms with E-state index in [0.29, 0.717) is 11.6 Å². The normalized spacial score (nSPS) is 10.9. The van der Waals surface area contributed by atoms with Crippen molar-refractivity contribution in [3.05, 3.63) is 46.8 Å². The number of benzene rings is 1. The van der Waals surface area contributed by atoms with E-state index in [1.165, 1.54) is 4.68 Å². The van der Waals surface area contributed by atoms with Gasteiger partial charge in [-0.05, 0) is 30.0 Å². The number of primary amides is 1. The van der Waals surface area contributed by atoms with Crippen LogP contribution < -0.4 is 5.73 Å². The highest BCUT2D eigenvalue weighted by Crippen LogP contribution is 2.23. The predicted molar refractivity (Wildman–Crippen MR) is 77.9 cm³/mol. The van der Waals surface area contributed by atoms with Gasteiger partial charge in [0.1, 0.15) is 11.3 Å². The lowest BCUT2D eigenvalue weighted by Crippen LogP contribution is -2.20. The molecule has 0 aliphatic rings. The van der Waals surface area contributed by atoms with Crippen molar-refractivity contribution in [3.8, 4) is 5.69 Å². The molecular weight excluding hydrogens is 270 g/mol. The SMILES string of the molecule is Cc1cc(C(C)C)ccc1-n1ncc(C(=O)O)c1C(N)=O. The highest BCUT2D eigenvalue weighted by Gasteiger charge is 2.22. The van der Waals surface area contributed by atoms with Gasteiger partial charge in [-0.3, -0.25) is 4.79 Å². The number of aromatic nitrogens is 2. The van der Waals surface area contributed by atoms with Crippen LogP contribution in [0.4, 0.5) is 0 Å². The average molecular weight is 287 g/mol. The van der Waals surface area contributed by atoms with Crippen LogP contribution in [-0.2, 0) is 0 Å². The molecule has 0 spiro atoms. The first-order valence-corrected chi connectivity index (χ1v) is 6.55. The minimum atomic E-state index is -1.23. The van der Waals surface area contributed by atoms with Gasteiger partial charge in [0.05, 0.1) is 11.9 Å². The summed E-state index contributed by atoms with van der Waals surface area (Å²) in [5.41, 5.74) is 7.67. The lowest BCUT2D eigenvalue weighted by Gasteiger charge is -2.12. The van der Waals surface area contributed by atoms with Gasteiger partial charge in [0.2, 0.25) is 0 Å². The first kappa shape index (κ1) is 14.8. The summed E-state index contributed by atoms with van der Waals surface area (Å²) in [4.78, 5) is 22.7. The largest absolute Gasteiger partial charge is 0.478 e. The molecule has 6 nitrogen and oxygen atoms in total. The van der Waals surface area contributed by atoms with Gasteiger partial charge in [-0.25, -0.2) is 9.48 Å². The summed E-state index contributed by atoms with van der Waals surface area (Å²) in [5.74, 6) is -1.68. The number of aryl methyl sites for hydroxylation is 1. The van der Waals surface area contributed by atoms with Crippen LogP contribution in [0.3, 0.4) is 0 Å². The van der Waals surface area contributed by atoms with Gasteiger partial charge in [0, 0.05) is 0 Å². The standard InChI is InChI=1S/C15H17N3O3/c1-8(2)10-4-5-12(9(3)6-10)18-13(14(16)19)11(7-17-18)15(20)21/h4-8H,1-3H3,(H2,16,19)(H,20,21). The van der Waals surface area contributed by atoms with E-state index >= 15 is 0 Å². The molecule has 1 aromatic heterocycles. The molecule has 1 heterocycles. The zero-order valence-electron chi connectivity index (χ0n) is 12.1. The van der Waals surface area contributed by atoms with E-state index < -0.39 is 11.9 Å². The summed E-state index contributed by atoms with van der Waals surface area (Å²) in [6.07, 6.45) is 1.14. The number of carboxylic acids is 1. The third-order valence-corrected chi connectivity index (χ3v) is 3.35. The molecule has 0 saturated heterocycles. The van der Waals surface area contributed by atoms with Crippen molar-refractivity contribution in [2.24, 2.45) is 5.73 Å². The highest BCUT2D eigenvalue weighted by atomic mass is 16.4. The number of nitrogens with two attached hydrogens (primary N) is 1. The maximum atomic E-state index is 11.6. The monoisotopic (exact) mass is 287 g/mol. The number of rotatable bonds is 4. The second-order valence-electron chi connectivity index (χ2n) is 5.19. The van der Waals surface area contributed by atoms with Crippen LogP contribution in [0.25, 0.3) is 5.69 Å². The van der Waals surface area contributed by atoms with E-state index in [9.17, 15) is 9.59 Å². The number of carbonyl (C=O) groups is 2. The molecule has 110 valence electrons. The Labute approximate surface area is 122 Å². The summed E-state index contributed by atoms with van der Waals surface area (Å²) in [6, 6.07) is 5.74. The van der Waals surface area contributed by atoms with Crippen molar-refractivity contribution in [2.45, 2.75) is 26.7 Å². The Bertz CT molecular complexity index is 717. The molecule has 21 heavy (non-hydrogen) atoms. The third kappa shape index (κ3) is 2.65. The fourth-order valence-corrected chi connectivity index (χ4v) is 2.20. The van der Waals surface area contributed by atoms with Gasteiger partial charge in [0.15, 0.2) is 0 Å². The van der Waals surface area contributed by atoms with Crippen LogP contribution in [0.2, 0.25) is 0 Å². The third-order valence-electron chi connectivity index (χ3n) is 3.35. The molecule has 0 aliphatic heterocycles. The fourth-order valence-electron chi connectivity index (χ4n) is 2.20. The van der Waals surface area contributed by atoms with Gasteiger partial charge in [-0.2, -0.15) is 5.10 Å². The van der Waals surface area contributed by atoms with Gasteiger partial charge in [-0.15, -0.1) is 0 Å². The summed E-state index contributed by atoms with van der Waals surface area (Å²) >= 11 is 0. The van der Waals surface area contributed by atoms with Crippen molar-refractivity contribution >= 4 is 11.9 Å². The number of aromatic carboxylic acids is 1. The number of carbonyl (C=O) groups excluding carboxylic acids is 1. The smallest absolute Gasteiger partial charge is 0.339 e. The fraction of sp³-hybridized carbons (Fsp3) is 0.267. The van der Waals surface area contributed by atoms with Gasteiger partial charge in [-0.1, -0.05) is 26.0 Å². The lowest BCUT2D eigenvalue weighted by molar-refractivity contribution is 0.0692. The van der Waals surface area contributed by atoms with Crippen molar-refractivity contribution in [1.29, 1.82) is 0 Å². The zero-order valence-corrected chi connectivity index (χ0v) is 12.1. The maximum Gasteiger partial charge on any atom is 0.339 e. The second-order valence-corrected chi connectivity index (χ2v) is 5.19. The number of hydrogen-bond acceptors (Lipinski definition) is 3. The first-order chi connectivity index (χ1) is 9.82. The van der Waals surface area contributed by atoms with Crippen molar-refractivity contribution in [3.63, 3.8) is 0 Å². The topological polar surface area (TPSA) is 98.2 Å². The van der Waals surface area contributed by atoms with Crippen LogP contribution in [0.15, 0.2) is 24.4 Å². The molecular formula is C15H17N3O3. The van der Waals surface area contributed by atoms with Crippen LogP contribution in [0.1, 0.15) is 51.7 Å². The molecule has 3 N–H and O–H groups in total. The molecule has 2 rings (SSSR count). The Kier molecular flexibility index (Phi) is 3.80.